The topological polar surface area (TPSA) is 147 Å². The lowest BCUT2D eigenvalue weighted by atomic mass is 9.85. The normalized spacial score (nSPS) is 12.4. The Labute approximate surface area is 210 Å². The fraction of sp³-hybridized carbons (Fsp3) is 0.480. The van der Waals surface area contributed by atoms with E-state index < -0.39 is 11.4 Å². The Kier molecular flexibility index (Phi) is 7.71. The number of aromatic nitrogens is 5. The number of carbonyl (C=O) groups is 2. The molecular formula is C25H33N7O4. The van der Waals surface area contributed by atoms with Crippen LogP contribution in [-0.4, -0.2) is 73.0 Å². The molecule has 0 aliphatic carbocycles. The van der Waals surface area contributed by atoms with Crippen molar-refractivity contribution >= 4 is 28.6 Å². The van der Waals surface area contributed by atoms with E-state index in [0.29, 0.717) is 28.1 Å². The van der Waals surface area contributed by atoms with Gasteiger partial charge in [0.05, 0.1) is 12.5 Å². The molecule has 0 aliphatic heterocycles. The summed E-state index contributed by atoms with van der Waals surface area (Å²) in [5.41, 5.74) is 1.45. The molecule has 0 spiro atoms. The third kappa shape index (κ3) is 5.67. The predicted octanol–water partition coefficient (Wildman–Crippen LogP) is 3.30. The van der Waals surface area contributed by atoms with Gasteiger partial charge < -0.3 is 19.3 Å². The standard InChI is InChI=1S/C25H33N7O4/c1-14(16-11-27-15(2)28-12-16)32-18(8-9-21(33)34)22(23(35)25(3,4)5)17-10-20(29-30-24(17)32)36-13-19(26)31(6)7/h10-12,14,26H,8-9,13H2,1-7H3,(H,33,34). The number of nitrogens with zero attached hydrogens (tertiary/aromatic N) is 6. The van der Waals surface area contributed by atoms with Gasteiger partial charge in [-0.05, 0) is 20.3 Å². The van der Waals surface area contributed by atoms with Crippen LogP contribution in [-0.2, 0) is 11.2 Å². The summed E-state index contributed by atoms with van der Waals surface area (Å²) in [6.07, 6.45) is 3.39. The lowest BCUT2D eigenvalue weighted by Gasteiger charge is -2.21. The van der Waals surface area contributed by atoms with Crippen LogP contribution in [0.4, 0.5) is 0 Å². The number of carboxylic acid groups (broad SMARTS) is 1. The van der Waals surface area contributed by atoms with Crippen molar-refractivity contribution in [1.82, 2.24) is 29.6 Å². The highest BCUT2D eigenvalue weighted by Crippen LogP contribution is 2.36. The Morgan fingerprint density at radius 1 is 1.19 bits per heavy atom. The van der Waals surface area contributed by atoms with E-state index in [1.54, 1.807) is 44.4 Å². The van der Waals surface area contributed by atoms with Gasteiger partial charge in [0.15, 0.2) is 11.4 Å². The number of likely N-dealkylation sites (N-methyl/N-ethyl adjacent to an activating group) is 1. The fourth-order valence-corrected chi connectivity index (χ4v) is 3.76. The molecule has 36 heavy (non-hydrogen) atoms. The molecule has 0 aliphatic rings. The molecule has 2 N–H and O–H groups in total. The van der Waals surface area contributed by atoms with Crippen LogP contribution in [0.5, 0.6) is 5.88 Å². The number of aliphatic carboxylic acids is 1. The van der Waals surface area contributed by atoms with E-state index in [9.17, 15) is 14.7 Å². The molecule has 0 bridgehead atoms. The largest absolute Gasteiger partial charge is 0.481 e. The van der Waals surface area contributed by atoms with E-state index in [4.69, 9.17) is 10.1 Å². The first-order chi connectivity index (χ1) is 16.8. The molecule has 11 nitrogen and oxygen atoms in total. The van der Waals surface area contributed by atoms with Crippen LogP contribution in [0.25, 0.3) is 11.0 Å². The third-order valence-corrected chi connectivity index (χ3v) is 5.88. The molecule has 0 saturated heterocycles. The van der Waals surface area contributed by atoms with Gasteiger partial charge in [-0.25, -0.2) is 9.97 Å². The van der Waals surface area contributed by atoms with Crippen molar-refractivity contribution in [2.45, 2.75) is 53.5 Å². The zero-order chi connectivity index (χ0) is 26.8. The lowest BCUT2D eigenvalue weighted by Crippen LogP contribution is -2.27. The maximum Gasteiger partial charge on any atom is 0.303 e. The second kappa shape index (κ2) is 10.4. The molecule has 3 heterocycles. The van der Waals surface area contributed by atoms with E-state index in [2.05, 4.69) is 20.2 Å². The zero-order valence-electron chi connectivity index (χ0n) is 21.8. The number of rotatable bonds is 9. The van der Waals surface area contributed by atoms with Crippen molar-refractivity contribution in [3.63, 3.8) is 0 Å². The lowest BCUT2D eigenvalue weighted by molar-refractivity contribution is -0.137. The van der Waals surface area contributed by atoms with Crippen LogP contribution >= 0.6 is 0 Å². The molecule has 0 aromatic carbocycles. The van der Waals surface area contributed by atoms with Crippen molar-refractivity contribution in [1.29, 1.82) is 5.41 Å². The molecule has 3 aromatic heterocycles. The monoisotopic (exact) mass is 495 g/mol. The second-order valence-corrected chi connectivity index (χ2v) is 9.95. The minimum absolute atomic E-state index is 0.0145. The van der Waals surface area contributed by atoms with E-state index in [-0.39, 0.29) is 43.0 Å². The maximum atomic E-state index is 13.7. The minimum atomic E-state index is -0.968. The highest BCUT2D eigenvalue weighted by atomic mass is 16.5. The number of ketones is 1. The summed E-state index contributed by atoms with van der Waals surface area (Å²) in [6.45, 7) is 9.16. The van der Waals surface area contributed by atoms with Gasteiger partial charge in [0, 0.05) is 60.2 Å². The zero-order valence-corrected chi connectivity index (χ0v) is 21.8. The maximum absolute atomic E-state index is 13.7. The molecule has 0 fully saturated rings. The van der Waals surface area contributed by atoms with Gasteiger partial charge in [0.1, 0.15) is 18.3 Å². The van der Waals surface area contributed by atoms with Gasteiger partial charge in [-0.3, -0.25) is 15.0 Å². The molecule has 192 valence electrons. The van der Waals surface area contributed by atoms with Crippen LogP contribution in [0.2, 0.25) is 0 Å². The molecule has 1 unspecified atom stereocenters. The first-order valence-electron chi connectivity index (χ1n) is 11.6. The summed E-state index contributed by atoms with van der Waals surface area (Å²) in [5, 5.41) is 26.5. The van der Waals surface area contributed by atoms with Gasteiger partial charge >= 0.3 is 5.97 Å². The van der Waals surface area contributed by atoms with E-state index >= 15 is 0 Å². The Bertz CT molecular complexity index is 1290. The number of hydrogen-bond acceptors (Lipinski definition) is 8. The molecule has 0 radical (unpaired) electrons. The SMILES string of the molecule is Cc1ncc(C(C)n2c(CCC(=O)O)c(C(=O)C(C)(C)C)c3cc(OCC(=N)N(C)C)nnc32)cn1. The second-order valence-electron chi connectivity index (χ2n) is 9.95. The summed E-state index contributed by atoms with van der Waals surface area (Å²) in [7, 11) is 3.48. The van der Waals surface area contributed by atoms with Gasteiger partial charge in [-0.1, -0.05) is 20.8 Å². The number of amidine groups is 1. The Balaban J connectivity index is 2.26. The first-order valence-corrected chi connectivity index (χ1v) is 11.6. The number of nitrogens with one attached hydrogen (secondary N) is 1. The van der Waals surface area contributed by atoms with E-state index in [1.165, 1.54) is 0 Å². The van der Waals surface area contributed by atoms with E-state index in [0.717, 1.165) is 5.56 Å². The number of carboxylic acids is 1. The number of hydrogen-bond donors (Lipinski definition) is 2. The summed E-state index contributed by atoms with van der Waals surface area (Å²) < 4.78 is 7.54. The van der Waals surface area contributed by atoms with Crippen LogP contribution in [0.1, 0.15) is 67.6 Å². The predicted molar refractivity (Wildman–Crippen MR) is 135 cm³/mol. The molecule has 3 aromatic rings. The molecule has 1 atom stereocenters. The van der Waals surface area contributed by atoms with Gasteiger partial charge in [-0.15, -0.1) is 10.2 Å². The summed E-state index contributed by atoms with van der Waals surface area (Å²) in [5.74, 6) is -0.0626. The average molecular weight is 496 g/mol. The highest BCUT2D eigenvalue weighted by Gasteiger charge is 2.33. The molecular weight excluding hydrogens is 462 g/mol. The molecule has 3 rings (SSSR count). The summed E-state index contributed by atoms with van der Waals surface area (Å²) in [4.78, 5) is 35.4. The molecule has 11 heteroatoms. The Hall–Kier alpha value is -3.89. The smallest absolute Gasteiger partial charge is 0.303 e. The number of carbonyl (C=O) groups excluding carboxylic acids is 1. The molecule has 0 amide bonds. The van der Waals surface area contributed by atoms with Crippen LogP contribution in [0.3, 0.4) is 0 Å². The number of fused-ring (bicyclic) bond motifs is 1. The number of aryl methyl sites for hydroxylation is 1. The average Bonchev–Trinajstić information content (AvgIpc) is 3.12. The highest BCUT2D eigenvalue weighted by molar-refractivity contribution is 6.11. The van der Waals surface area contributed by atoms with Gasteiger partial charge in [-0.2, -0.15) is 0 Å². The first kappa shape index (κ1) is 26.7. The summed E-state index contributed by atoms with van der Waals surface area (Å²) >= 11 is 0. The van der Waals surface area contributed by atoms with Crippen LogP contribution in [0.15, 0.2) is 18.5 Å². The van der Waals surface area contributed by atoms with Crippen molar-refractivity contribution in [2.24, 2.45) is 5.41 Å². The van der Waals surface area contributed by atoms with E-state index in [1.807, 2.05) is 32.3 Å². The van der Waals surface area contributed by atoms with Crippen molar-refractivity contribution in [3.8, 4) is 5.88 Å². The van der Waals surface area contributed by atoms with Crippen LogP contribution in [0, 0.1) is 17.7 Å². The third-order valence-electron chi connectivity index (χ3n) is 5.88. The summed E-state index contributed by atoms with van der Waals surface area (Å²) in [6, 6.07) is 1.30. The Morgan fingerprint density at radius 3 is 2.39 bits per heavy atom. The number of ether oxygens (including phenoxy) is 1. The minimum Gasteiger partial charge on any atom is -0.481 e. The van der Waals surface area contributed by atoms with Gasteiger partial charge in [0.25, 0.3) is 0 Å². The van der Waals surface area contributed by atoms with Crippen LogP contribution < -0.4 is 4.74 Å². The number of Topliss-reactive ketones (excluding diaryl/α,β-unsaturated/α-hetero) is 1. The van der Waals surface area contributed by atoms with Crippen molar-refractivity contribution in [3.05, 3.63) is 41.1 Å². The molecule has 0 saturated carbocycles. The van der Waals surface area contributed by atoms with Crippen molar-refractivity contribution < 1.29 is 19.4 Å². The van der Waals surface area contributed by atoms with Crippen molar-refractivity contribution in [2.75, 3.05) is 20.7 Å². The van der Waals surface area contributed by atoms with Gasteiger partial charge in [0.2, 0.25) is 5.88 Å². The fourth-order valence-electron chi connectivity index (χ4n) is 3.76. The quantitative estimate of drug-likeness (QED) is 0.259. The Morgan fingerprint density at radius 2 is 1.83 bits per heavy atom.